The van der Waals surface area contributed by atoms with Gasteiger partial charge >= 0.3 is 0 Å². The standard InChI is InChI=1S/C18H19N3O/c1-18(2,3)20-17(22)14-9-10-16-19-15(12-21(16)11-14)13-7-5-4-6-8-13/h4-12H,1-3H3,(H,20,22). The Hall–Kier alpha value is -2.62. The summed E-state index contributed by atoms with van der Waals surface area (Å²) in [6.45, 7) is 5.90. The number of hydrogen-bond donors (Lipinski definition) is 1. The van der Waals surface area contributed by atoms with Gasteiger partial charge in [0.2, 0.25) is 0 Å². The molecule has 0 spiro atoms. The summed E-state index contributed by atoms with van der Waals surface area (Å²) in [5.41, 5.74) is 3.15. The van der Waals surface area contributed by atoms with E-state index in [0.29, 0.717) is 5.56 Å². The highest BCUT2D eigenvalue weighted by Crippen LogP contribution is 2.19. The van der Waals surface area contributed by atoms with Crippen LogP contribution in [-0.2, 0) is 0 Å². The van der Waals surface area contributed by atoms with Crippen molar-refractivity contribution in [3.8, 4) is 11.3 Å². The van der Waals surface area contributed by atoms with E-state index in [1.165, 1.54) is 0 Å². The molecule has 0 saturated carbocycles. The molecule has 1 aromatic carbocycles. The molecule has 0 aliphatic heterocycles. The van der Waals surface area contributed by atoms with Crippen LogP contribution >= 0.6 is 0 Å². The smallest absolute Gasteiger partial charge is 0.253 e. The first-order valence-electron chi connectivity index (χ1n) is 7.29. The minimum absolute atomic E-state index is 0.0793. The summed E-state index contributed by atoms with van der Waals surface area (Å²) in [7, 11) is 0. The Kier molecular flexibility index (Phi) is 3.45. The SMILES string of the molecule is CC(C)(C)NC(=O)c1ccc2nc(-c3ccccc3)cn2c1. The third kappa shape index (κ3) is 3.01. The van der Waals surface area contributed by atoms with Crippen molar-refractivity contribution in [2.24, 2.45) is 0 Å². The lowest BCUT2D eigenvalue weighted by Crippen LogP contribution is -2.40. The molecule has 22 heavy (non-hydrogen) atoms. The number of fused-ring (bicyclic) bond motifs is 1. The lowest BCUT2D eigenvalue weighted by molar-refractivity contribution is 0.0919. The van der Waals surface area contributed by atoms with Crippen LogP contribution in [0.1, 0.15) is 31.1 Å². The summed E-state index contributed by atoms with van der Waals surface area (Å²) in [6.07, 6.45) is 3.76. The van der Waals surface area contributed by atoms with Gasteiger partial charge in [-0.2, -0.15) is 0 Å². The van der Waals surface area contributed by atoms with Crippen molar-refractivity contribution in [3.05, 3.63) is 60.4 Å². The molecule has 0 bridgehead atoms. The van der Waals surface area contributed by atoms with Crippen molar-refractivity contribution in [1.82, 2.24) is 14.7 Å². The van der Waals surface area contributed by atoms with Crippen molar-refractivity contribution >= 4 is 11.6 Å². The van der Waals surface area contributed by atoms with Crippen LogP contribution in [0.3, 0.4) is 0 Å². The number of nitrogens with one attached hydrogen (secondary N) is 1. The van der Waals surface area contributed by atoms with Gasteiger partial charge < -0.3 is 9.72 Å². The third-order valence-corrected chi connectivity index (χ3v) is 3.27. The van der Waals surface area contributed by atoms with Crippen molar-refractivity contribution in [3.63, 3.8) is 0 Å². The van der Waals surface area contributed by atoms with Gasteiger partial charge in [-0.15, -0.1) is 0 Å². The molecule has 1 amide bonds. The lowest BCUT2D eigenvalue weighted by Gasteiger charge is -2.20. The quantitative estimate of drug-likeness (QED) is 0.785. The summed E-state index contributed by atoms with van der Waals surface area (Å²) in [5, 5.41) is 2.97. The monoisotopic (exact) mass is 293 g/mol. The van der Waals surface area contributed by atoms with Crippen LogP contribution in [0.15, 0.2) is 54.9 Å². The normalized spacial score (nSPS) is 11.6. The molecule has 0 saturated heterocycles. The number of pyridine rings is 1. The fraction of sp³-hybridized carbons (Fsp3) is 0.222. The predicted molar refractivity (Wildman–Crippen MR) is 87.8 cm³/mol. The number of carbonyl (C=O) groups excluding carboxylic acids is 1. The summed E-state index contributed by atoms with van der Waals surface area (Å²) < 4.78 is 1.89. The van der Waals surface area contributed by atoms with Gasteiger partial charge in [-0.3, -0.25) is 4.79 Å². The van der Waals surface area contributed by atoms with Gasteiger partial charge in [-0.05, 0) is 32.9 Å². The molecule has 0 aliphatic carbocycles. The molecule has 2 aromatic heterocycles. The fourth-order valence-corrected chi connectivity index (χ4v) is 2.29. The van der Waals surface area contributed by atoms with Gasteiger partial charge in [-0.1, -0.05) is 30.3 Å². The van der Waals surface area contributed by atoms with Crippen molar-refractivity contribution < 1.29 is 4.79 Å². The Morgan fingerprint density at radius 3 is 2.45 bits per heavy atom. The Bertz CT molecular complexity index is 813. The number of amides is 1. The van der Waals surface area contributed by atoms with Gasteiger partial charge in [0.25, 0.3) is 5.91 Å². The first-order chi connectivity index (χ1) is 10.4. The van der Waals surface area contributed by atoms with Crippen molar-refractivity contribution in [2.45, 2.75) is 26.3 Å². The predicted octanol–water partition coefficient (Wildman–Crippen LogP) is 3.53. The van der Waals surface area contributed by atoms with Crippen LogP contribution in [0.2, 0.25) is 0 Å². The maximum atomic E-state index is 12.2. The molecule has 3 aromatic rings. The zero-order valence-corrected chi connectivity index (χ0v) is 13.0. The molecule has 4 nitrogen and oxygen atoms in total. The molecule has 0 atom stereocenters. The largest absolute Gasteiger partial charge is 0.347 e. The van der Waals surface area contributed by atoms with Crippen molar-refractivity contribution in [2.75, 3.05) is 0 Å². The second-order valence-corrected chi connectivity index (χ2v) is 6.38. The van der Waals surface area contributed by atoms with Gasteiger partial charge in [0, 0.05) is 23.5 Å². The molecule has 1 N–H and O–H groups in total. The second-order valence-electron chi connectivity index (χ2n) is 6.38. The molecule has 0 aliphatic rings. The number of benzene rings is 1. The zero-order chi connectivity index (χ0) is 15.7. The summed E-state index contributed by atoms with van der Waals surface area (Å²) in [6, 6.07) is 13.7. The van der Waals surface area contributed by atoms with E-state index in [-0.39, 0.29) is 11.4 Å². The highest BCUT2D eigenvalue weighted by atomic mass is 16.1. The molecule has 0 unspecified atom stereocenters. The zero-order valence-electron chi connectivity index (χ0n) is 13.0. The number of imidazole rings is 1. The van der Waals surface area contributed by atoms with Gasteiger partial charge in [-0.25, -0.2) is 4.98 Å². The summed E-state index contributed by atoms with van der Waals surface area (Å²) >= 11 is 0. The minimum Gasteiger partial charge on any atom is -0.347 e. The summed E-state index contributed by atoms with van der Waals surface area (Å²) in [4.78, 5) is 16.8. The second kappa shape index (κ2) is 5.30. The van der Waals surface area contributed by atoms with Crippen LogP contribution in [0, 0.1) is 0 Å². The van der Waals surface area contributed by atoms with E-state index in [1.807, 2.05) is 74.0 Å². The number of nitrogens with zero attached hydrogens (tertiary/aromatic N) is 2. The van der Waals surface area contributed by atoms with E-state index in [2.05, 4.69) is 10.3 Å². The highest BCUT2D eigenvalue weighted by Gasteiger charge is 2.16. The third-order valence-electron chi connectivity index (χ3n) is 3.27. The molecule has 4 heteroatoms. The Morgan fingerprint density at radius 1 is 1.05 bits per heavy atom. The average molecular weight is 293 g/mol. The van der Waals surface area contributed by atoms with Crippen LogP contribution in [0.4, 0.5) is 0 Å². The molecule has 0 radical (unpaired) electrons. The molecule has 112 valence electrons. The number of hydrogen-bond acceptors (Lipinski definition) is 2. The average Bonchev–Trinajstić information content (AvgIpc) is 2.89. The Morgan fingerprint density at radius 2 is 1.77 bits per heavy atom. The summed E-state index contributed by atoms with van der Waals surface area (Å²) in [5.74, 6) is -0.0793. The lowest BCUT2D eigenvalue weighted by atomic mass is 10.1. The van der Waals surface area contributed by atoms with Crippen molar-refractivity contribution in [1.29, 1.82) is 0 Å². The first kappa shape index (κ1) is 14.3. The molecular formula is C18H19N3O. The van der Waals surface area contributed by atoms with Crippen LogP contribution in [0.5, 0.6) is 0 Å². The first-order valence-corrected chi connectivity index (χ1v) is 7.29. The van der Waals surface area contributed by atoms with Gasteiger partial charge in [0.1, 0.15) is 5.65 Å². The van der Waals surface area contributed by atoms with E-state index in [4.69, 9.17) is 0 Å². The topological polar surface area (TPSA) is 46.4 Å². The Balaban J connectivity index is 1.96. The van der Waals surface area contributed by atoms with E-state index < -0.39 is 0 Å². The van der Waals surface area contributed by atoms with E-state index in [1.54, 1.807) is 6.07 Å². The molecule has 3 rings (SSSR count). The van der Waals surface area contributed by atoms with Gasteiger partial charge in [0.15, 0.2) is 0 Å². The molecule has 0 fully saturated rings. The van der Waals surface area contributed by atoms with Crippen LogP contribution in [0.25, 0.3) is 16.9 Å². The number of aromatic nitrogens is 2. The fourth-order valence-electron chi connectivity index (χ4n) is 2.29. The maximum absolute atomic E-state index is 12.2. The number of rotatable bonds is 2. The van der Waals surface area contributed by atoms with E-state index in [9.17, 15) is 4.79 Å². The van der Waals surface area contributed by atoms with Gasteiger partial charge in [0.05, 0.1) is 11.3 Å². The highest BCUT2D eigenvalue weighted by molar-refractivity contribution is 5.94. The Labute approximate surface area is 129 Å². The molecule has 2 heterocycles. The number of carbonyl (C=O) groups is 1. The maximum Gasteiger partial charge on any atom is 0.253 e. The van der Waals surface area contributed by atoms with E-state index >= 15 is 0 Å². The van der Waals surface area contributed by atoms with E-state index in [0.717, 1.165) is 16.9 Å². The van der Waals surface area contributed by atoms with Crippen LogP contribution < -0.4 is 5.32 Å². The molecular weight excluding hydrogens is 274 g/mol. The minimum atomic E-state index is -0.254. The van der Waals surface area contributed by atoms with Crippen LogP contribution in [-0.4, -0.2) is 20.8 Å².